The summed E-state index contributed by atoms with van der Waals surface area (Å²) in [6, 6.07) is 10.3. The van der Waals surface area contributed by atoms with Crippen molar-refractivity contribution in [1.82, 2.24) is 14.8 Å². The fourth-order valence-corrected chi connectivity index (χ4v) is 3.93. The molecule has 9 nitrogen and oxygen atoms in total. The van der Waals surface area contributed by atoms with Crippen molar-refractivity contribution in [3.05, 3.63) is 81.7 Å². The van der Waals surface area contributed by atoms with Gasteiger partial charge >= 0.3 is 0 Å². The molecule has 1 aromatic heterocycles. The van der Waals surface area contributed by atoms with Gasteiger partial charge in [-0.2, -0.15) is 0 Å². The molecule has 10 heteroatoms. The second-order valence-electron chi connectivity index (χ2n) is 7.45. The first-order chi connectivity index (χ1) is 15.8. The molecular weight excluding hydrogens is 442 g/mol. The Bertz CT molecular complexity index is 1190. The summed E-state index contributed by atoms with van der Waals surface area (Å²) < 4.78 is 7.78. The first kappa shape index (κ1) is 24.0. The molecule has 0 fully saturated rings. The van der Waals surface area contributed by atoms with E-state index in [0.717, 1.165) is 16.9 Å². The van der Waals surface area contributed by atoms with E-state index in [9.17, 15) is 14.9 Å². The van der Waals surface area contributed by atoms with E-state index in [2.05, 4.69) is 28.2 Å². The van der Waals surface area contributed by atoms with E-state index in [4.69, 9.17) is 4.74 Å². The maximum atomic E-state index is 12.4. The smallest absolute Gasteiger partial charge is 0.269 e. The Balaban J connectivity index is 1.63. The van der Waals surface area contributed by atoms with Crippen molar-refractivity contribution in [3.63, 3.8) is 0 Å². The zero-order valence-electron chi connectivity index (χ0n) is 18.7. The molecule has 3 rings (SSSR count). The highest BCUT2D eigenvalue weighted by Crippen LogP contribution is 2.24. The molecule has 0 unspecified atom stereocenters. The summed E-state index contributed by atoms with van der Waals surface area (Å²) in [6.07, 6.45) is 1.73. The van der Waals surface area contributed by atoms with E-state index < -0.39 is 4.92 Å². The number of aromatic nitrogens is 3. The van der Waals surface area contributed by atoms with Crippen LogP contribution in [0.1, 0.15) is 22.5 Å². The molecule has 1 amide bonds. The summed E-state index contributed by atoms with van der Waals surface area (Å²) in [6.45, 7) is 10.2. The number of nitro benzene ring substituents is 1. The van der Waals surface area contributed by atoms with Crippen molar-refractivity contribution < 1.29 is 14.5 Å². The number of rotatable bonds is 10. The molecule has 0 aliphatic heterocycles. The van der Waals surface area contributed by atoms with Crippen molar-refractivity contribution in [3.8, 4) is 5.75 Å². The third kappa shape index (κ3) is 6.19. The largest absolute Gasteiger partial charge is 0.485 e. The SMILES string of the molecule is C=CCn1c(COc2ccc(C)cc2C)nnc1SCC(=O)Nc1ccc([N+](=O)[O-])cc1C. The number of hydrogen-bond acceptors (Lipinski definition) is 7. The Morgan fingerprint density at radius 2 is 2.00 bits per heavy atom. The maximum absolute atomic E-state index is 12.4. The summed E-state index contributed by atoms with van der Waals surface area (Å²) in [4.78, 5) is 22.8. The number of benzene rings is 2. The molecule has 33 heavy (non-hydrogen) atoms. The van der Waals surface area contributed by atoms with Crippen LogP contribution in [-0.2, 0) is 17.9 Å². The number of carbonyl (C=O) groups is 1. The van der Waals surface area contributed by atoms with Crippen LogP contribution < -0.4 is 10.1 Å². The number of ether oxygens (including phenoxy) is 1. The fourth-order valence-electron chi connectivity index (χ4n) is 3.17. The Labute approximate surface area is 196 Å². The molecule has 0 saturated carbocycles. The maximum Gasteiger partial charge on any atom is 0.269 e. The van der Waals surface area contributed by atoms with Crippen LogP contribution in [0.5, 0.6) is 5.75 Å². The highest BCUT2D eigenvalue weighted by atomic mass is 32.2. The van der Waals surface area contributed by atoms with Crippen LogP contribution in [0.15, 0.2) is 54.2 Å². The molecule has 172 valence electrons. The number of nitrogens with one attached hydrogen (secondary N) is 1. The monoisotopic (exact) mass is 467 g/mol. The van der Waals surface area contributed by atoms with Gasteiger partial charge in [0.15, 0.2) is 11.0 Å². The predicted molar refractivity (Wildman–Crippen MR) is 128 cm³/mol. The molecule has 1 heterocycles. The van der Waals surface area contributed by atoms with Crippen LogP contribution in [0.3, 0.4) is 0 Å². The lowest BCUT2D eigenvalue weighted by Crippen LogP contribution is -2.15. The first-order valence-corrected chi connectivity index (χ1v) is 11.2. The van der Waals surface area contributed by atoms with Gasteiger partial charge in [0, 0.05) is 24.4 Å². The number of nitrogens with zero attached hydrogens (tertiary/aromatic N) is 4. The lowest BCUT2D eigenvalue weighted by molar-refractivity contribution is -0.384. The standard InChI is InChI=1S/C23H25N5O4S/c1-5-10-27-21(13-32-20-9-6-15(2)11-17(20)4)25-26-23(27)33-14-22(29)24-19-8-7-18(28(30)31)12-16(19)3/h5-9,11-12H,1,10,13-14H2,2-4H3,(H,24,29). The molecule has 0 atom stereocenters. The third-order valence-corrected chi connectivity index (χ3v) is 5.79. The topological polar surface area (TPSA) is 112 Å². The van der Waals surface area contributed by atoms with Crippen molar-refractivity contribution in [1.29, 1.82) is 0 Å². The summed E-state index contributed by atoms with van der Waals surface area (Å²) in [7, 11) is 0. The average Bonchev–Trinajstić information content (AvgIpc) is 3.15. The predicted octanol–water partition coefficient (Wildman–Crippen LogP) is 4.61. The molecule has 1 N–H and O–H groups in total. The quantitative estimate of drug-likeness (QED) is 0.201. The van der Waals surface area contributed by atoms with Gasteiger partial charge in [0.2, 0.25) is 5.91 Å². The molecule has 2 aromatic carbocycles. The molecule has 0 radical (unpaired) electrons. The molecule has 0 bridgehead atoms. The Morgan fingerprint density at radius 3 is 2.67 bits per heavy atom. The summed E-state index contributed by atoms with van der Waals surface area (Å²) >= 11 is 1.24. The second-order valence-corrected chi connectivity index (χ2v) is 8.39. The normalized spacial score (nSPS) is 10.6. The number of aryl methyl sites for hydroxylation is 3. The highest BCUT2D eigenvalue weighted by molar-refractivity contribution is 7.99. The van der Waals surface area contributed by atoms with Gasteiger partial charge in [0.1, 0.15) is 12.4 Å². The minimum Gasteiger partial charge on any atom is -0.485 e. The number of carbonyl (C=O) groups excluding carboxylic acids is 1. The molecule has 0 aliphatic carbocycles. The number of amides is 1. The number of anilines is 1. The summed E-state index contributed by atoms with van der Waals surface area (Å²) in [5.74, 6) is 1.26. The van der Waals surface area contributed by atoms with Gasteiger partial charge in [0.05, 0.1) is 10.7 Å². The molecule has 3 aromatic rings. The summed E-state index contributed by atoms with van der Waals surface area (Å²) in [5, 5.41) is 22.7. The van der Waals surface area contributed by atoms with Crippen LogP contribution in [0.25, 0.3) is 0 Å². The van der Waals surface area contributed by atoms with Crippen LogP contribution in [0, 0.1) is 30.9 Å². The van der Waals surface area contributed by atoms with E-state index >= 15 is 0 Å². The zero-order chi connectivity index (χ0) is 24.0. The van der Waals surface area contributed by atoms with Gasteiger partial charge in [-0.15, -0.1) is 16.8 Å². The number of hydrogen-bond donors (Lipinski definition) is 1. The molecule has 0 aliphatic rings. The number of allylic oxidation sites excluding steroid dienone is 1. The average molecular weight is 468 g/mol. The van der Waals surface area contributed by atoms with Crippen LogP contribution in [-0.4, -0.2) is 31.3 Å². The third-order valence-electron chi connectivity index (χ3n) is 4.82. The van der Waals surface area contributed by atoms with E-state index in [1.54, 1.807) is 13.0 Å². The van der Waals surface area contributed by atoms with Crippen LogP contribution in [0.2, 0.25) is 0 Å². The van der Waals surface area contributed by atoms with E-state index in [-0.39, 0.29) is 24.0 Å². The van der Waals surface area contributed by atoms with Crippen LogP contribution in [0.4, 0.5) is 11.4 Å². The molecule has 0 saturated heterocycles. The number of non-ortho nitro benzene ring substituents is 1. The second kappa shape index (κ2) is 10.8. The van der Waals surface area contributed by atoms with E-state index in [0.29, 0.717) is 28.8 Å². The van der Waals surface area contributed by atoms with Crippen molar-refractivity contribution in [2.24, 2.45) is 0 Å². The van der Waals surface area contributed by atoms with Crippen molar-refractivity contribution >= 4 is 29.0 Å². The fraction of sp³-hybridized carbons (Fsp3) is 0.261. The summed E-state index contributed by atoms with van der Waals surface area (Å²) in [5.41, 5.74) is 3.32. The van der Waals surface area contributed by atoms with Gasteiger partial charge in [-0.3, -0.25) is 19.5 Å². The zero-order valence-corrected chi connectivity index (χ0v) is 19.5. The lowest BCUT2D eigenvalue weighted by Gasteiger charge is -2.11. The highest BCUT2D eigenvalue weighted by Gasteiger charge is 2.16. The van der Waals surface area contributed by atoms with Gasteiger partial charge in [0.25, 0.3) is 5.69 Å². The van der Waals surface area contributed by atoms with E-state index in [1.807, 2.05) is 30.5 Å². The van der Waals surface area contributed by atoms with E-state index in [1.165, 1.54) is 30.0 Å². The van der Waals surface area contributed by atoms with Gasteiger partial charge in [-0.05, 0) is 44.0 Å². The number of thioether (sulfide) groups is 1. The van der Waals surface area contributed by atoms with Gasteiger partial charge in [-0.25, -0.2) is 0 Å². The molecular formula is C23H25N5O4S. The Hall–Kier alpha value is -3.66. The molecule has 0 spiro atoms. The minimum absolute atomic E-state index is 0.0204. The van der Waals surface area contributed by atoms with Crippen LogP contribution >= 0.6 is 11.8 Å². The minimum atomic E-state index is -0.470. The van der Waals surface area contributed by atoms with Crippen molar-refractivity contribution in [2.45, 2.75) is 39.1 Å². The number of nitro groups is 1. The van der Waals surface area contributed by atoms with Gasteiger partial charge in [-0.1, -0.05) is 35.5 Å². The first-order valence-electron chi connectivity index (χ1n) is 10.2. The van der Waals surface area contributed by atoms with Gasteiger partial charge < -0.3 is 10.1 Å². The lowest BCUT2D eigenvalue weighted by atomic mass is 10.1. The Kier molecular flexibility index (Phi) is 7.83. The van der Waals surface area contributed by atoms with Crippen molar-refractivity contribution in [2.75, 3.05) is 11.1 Å². The Morgan fingerprint density at radius 1 is 1.21 bits per heavy atom.